The summed E-state index contributed by atoms with van der Waals surface area (Å²) in [7, 11) is 0. The first-order valence-corrected chi connectivity index (χ1v) is 15.7. The minimum atomic E-state index is -2.24. The van der Waals surface area contributed by atoms with Gasteiger partial charge in [-0.05, 0) is 12.1 Å². The number of nitriles is 1. The van der Waals surface area contributed by atoms with Crippen LogP contribution in [-0.2, 0) is 0 Å². The topological polar surface area (TPSA) is 61.1 Å². The number of rotatable bonds is 1. The Balaban J connectivity index is -0.0000000943. The fourth-order valence-corrected chi connectivity index (χ4v) is 0.581. The van der Waals surface area contributed by atoms with Crippen LogP contribution in [0.15, 0.2) is 30.3 Å². The van der Waals surface area contributed by atoms with Gasteiger partial charge in [0.25, 0.3) is 0 Å². The maximum absolute atomic E-state index is 10.2. The number of carboxylic acid groups (broad SMARTS) is 1. The van der Waals surface area contributed by atoms with Gasteiger partial charge in [-0.2, -0.15) is 5.26 Å². The van der Waals surface area contributed by atoms with E-state index in [4.69, 9.17) is 27.3 Å². The Kier molecular flexibility index (Phi) is 29.5. The second kappa shape index (κ2) is 19.8. The third-order valence-electron chi connectivity index (χ3n) is 1.02. The Morgan fingerprint density at radius 2 is 1.50 bits per heavy atom. The molecule has 0 aliphatic rings. The van der Waals surface area contributed by atoms with E-state index in [1.807, 2.05) is 0 Å². The maximum atomic E-state index is 10.2. The first kappa shape index (κ1) is 26.9. The van der Waals surface area contributed by atoms with Crippen molar-refractivity contribution in [2.75, 3.05) is 0 Å². The molecule has 0 saturated carbocycles. The Labute approximate surface area is 131 Å². The second-order valence-corrected chi connectivity index (χ2v) is 15.9. The fraction of sp³-hybridized carbons (Fsp3) is 0.273. The van der Waals surface area contributed by atoms with Gasteiger partial charge in [0.1, 0.15) is 0 Å². The van der Waals surface area contributed by atoms with Crippen LogP contribution in [0.5, 0.6) is 0 Å². The van der Waals surface area contributed by atoms with Crippen molar-refractivity contribution < 1.29 is 40.6 Å². The van der Waals surface area contributed by atoms with E-state index >= 15 is 0 Å². The van der Waals surface area contributed by atoms with Gasteiger partial charge in [-0.3, -0.25) is 0 Å². The van der Waals surface area contributed by atoms with E-state index in [-0.39, 0.29) is 14.9 Å². The van der Waals surface area contributed by atoms with Gasteiger partial charge in [-0.1, -0.05) is 33.1 Å². The number of hydrogen-bond donors (Lipinski definition) is 1. The predicted octanol–water partition coefficient (Wildman–Crippen LogP) is 5.26. The summed E-state index contributed by atoms with van der Waals surface area (Å²) in [4.78, 5) is 10.2. The van der Waals surface area contributed by atoms with Crippen LogP contribution in [0.2, 0.25) is 0 Å². The van der Waals surface area contributed by atoms with Crippen LogP contribution in [0.3, 0.4) is 0 Å². The second-order valence-electron chi connectivity index (χ2n) is 2.11. The molecule has 7 heteroatoms. The summed E-state index contributed by atoms with van der Waals surface area (Å²) in [5.41, 5.74) is 15.4. The molecule has 0 amide bonds. The molecular weight excluding hydrogens is 425 g/mol. The summed E-state index contributed by atoms with van der Waals surface area (Å²) in [6.45, 7) is 1.43. The molecule has 18 heavy (non-hydrogen) atoms. The summed E-state index contributed by atoms with van der Waals surface area (Å²) >= 11 is -2.24. The molecule has 1 aromatic rings. The molecular formula is C11H17CeCl3NO2. The van der Waals surface area contributed by atoms with Crippen LogP contribution in [0.25, 0.3) is 0 Å². The number of hydrogen-bond acceptors (Lipinski definition) is 2. The van der Waals surface area contributed by atoms with Crippen molar-refractivity contribution in [3.63, 3.8) is 0 Å². The molecule has 0 atom stereocenters. The van der Waals surface area contributed by atoms with Crippen molar-refractivity contribution in [2.45, 2.75) is 21.8 Å². The summed E-state index contributed by atoms with van der Waals surface area (Å²) in [5.74, 6) is -0.879. The Morgan fingerprint density at radius 3 is 1.67 bits per heavy atom. The van der Waals surface area contributed by atoms with Gasteiger partial charge in [-0.15, -0.1) is 0 Å². The Bertz CT molecular complexity index is 326. The molecule has 0 saturated heterocycles. The van der Waals surface area contributed by atoms with Crippen molar-refractivity contribution in [2.24, 2.45) is 0 Å². The van der Waals surface area contributed by atoms with Crippen LogP contribution in [0.4, 0.5) is 0 Å². The fourth-order valence-electron chi connectivity index (χ4n) is 0.581. The normalized spacial score (nSPS) is 6.39. The monoisotopic (exact) mass is 440 g/mol. The Morgan fingerprint density at radius 1 is 1.22 bits per heavy atom. The molecule has 1 N–H and O–H groups in total. The molecule has 0 fully saturated rings. The van der Waals surface area contributed by atoms with Crippen molar-refractivity contribution in [3.8, 4) is 6.07 Å². The standard InChI is InChI=1S/C7H6O2.C2H3N.2CH4.Ce.3ClH/c8-7(9)6-4-2-1-3-5-6;1-2-3;;;;;;/h1-5H,(H,8,9);1H3;2*1H4;;3*1H/q;;;;+3;;;/p-3. The van der Waals surface area contributed by atoms with E-state index < -0.39 is 36.6 Å². The van der Waals surface area contributed by atoms with Crippen LogP contribution in [-0.4, -0.2) is 11.1 Å². The SMILES string of the molecule is C.C.CC#N.O=C(O)c1ccccc1.[Cl][Ce]([Cl])[Cl]. The molecule has 0 radical (unpaired) electrons. The van der Waals surface area contributed by atoms with E-state index in [1.54, 1.807) is 36.4 Å². The predicted molar refractivity (Wildman–Crippen MR) is 75.7 cm³/mol. The number of carbonyl (C=O) groups is 1. The van der Waals surface area contributed by atoms with Crippen LogP contribution >= 0.6 is 16.9 Å². The van der Waals surface area contributed by atoms with Gasteiger partial charge in [0.2, 0.25) is 0 Å². The van der Waals surface area contributed by atoms with E-state index in [0.717, 1.165) is 0 Å². The third-order valence-corrected chi connectivity index (χ3v) is 1.02. The van der Waals surface area contributed by atoms with Gasteiger partial charge in [0.05, 0.1) is 11.6 Å². The molecule has 1 aromatic carbocycles. The van der Waals surface area contributed by atoms with Gasteiger partial charge in [0.15, 0.2) is 0 Å². The van der Waals surface area contributed by atoms with Crippen molar-refractivity contribution in [1.29, 1.82) is 5.26 Å². The van der Waals surface area contributed by atoms with Gasteiger partial charge in [0, 0.05) is 6.92 Å². The minimum absolute atomic E-state index is 0. The zero-order valence-corrected chi connectivity index (χ0v) is 13.7. The molecule has 0 aromatic heterocycles. The van der Waals surface area contributed by atoms with E-state index in [1.165, 1.54) is 6.92 Å². The summed E-state index contributed by atoms with van der Waals surface area (Å²) in [5, 5.41) is 15.7. The first-order chi connectivity index (χ1) is 7.45. The van der Waals surface area contributed by atoms with Gasteiger partial charge >= 0.3 is 53.5 Å². The zero-order chi connectivity index (χ0) is 13.0. The summed E-state index contributed by atoms with van der Waals surface area (Å²) in [6, 6.07) is 10.0. The molecule has 103 valence electrons. The molecule has 0 spiro atoms. The molecule has 0 bridgehead atoms. The number of aromatic carboxylic acids is 1. The number of nitrogens with zero attached hydrogens (tertiary/aromatic N) is 1. The summed E-state index contributed by atoms with van der Waals surface area (Å²) < 4.78 is 0. The van der Waals surface area contributed by atoms with E-state index in [9.17, 15) is 4.79 Å². The van der Waals surface area contributed by atoms with E-state index in [0.29, 0.717) is 5.56 Å². The van der Waals surface area contributed by atoms with Crippen molar-refractivity contribution >= 4 is 22.9 Å². The molecule has 0 heterocycles. The third kappa shape index (κ3) is 25.3. The number of carboxylic acids is 1. The van der Waals surface area contributed by atoms with Gasteiger partial charge < -0.3 is 5.11 Å². The summed E-state index contributed by atoms with van der Waals surface area (Å²) in [6.07, 6.45) is 0. The number of halogens is 3. The van der Waals surface area contributed by atoms with Crippen molar-refractivity contribution in [1.82, 2.24) is 0 Å². The van der Waals surface area contributed by atoms with E-state index in [2.05, 4.69) is 0 Å². The molecule has 0 unspecified atom stereocenters. The average molecular weight is 442 g/mol. The average Bonchev–Trinajstić information content (AvgIpc) is 2.19. The molecule has 0 aliphatic heterocycles. The Hall–Kier alpha value is 0.427. The first-order valence-electron chi connectivity index (χ1n) is 3.88. The van der Waals surface area contributed by atoms with Crippen LogP contribution in [0, 0.1) is 42.0 Å². The molecule has 1 rings (SSSR count). The number of benzene rings is 1. The molecule has 0 aliphatic carbocycles. The van der Waals surface area contributed by atoms with Crippen LogP contribution < -0.4 is 0 Å². The van der Waals surface area contributed by atoms with Crippen LogP contribution in [0.1, 0.15) is 32.1 Å². The zero-order valence-electron chi connectivity index (χ0n) is 8.32. The van der Waals surface area contributed by atoms with Gasteiger partial charge in [-0.25, -0.2) is 4.79 Å². The molecule has 3 nitrogen and oxygen atoms in total. The quantitative estimate of drug-likeness (QED) is 0.647. The van der Waals surface area contributed by atoms with Crippen molar-refractivity contribution in [3.05, 3.63) is 35.9 Å².